The first-order chi connectivity index (χ1) is 13.0. The fourth-order valence-electron chi connectivity index (χ4n) is 2.80. The van der Waals surface area contributed by atoms with Gasteiger partial charge in [0.15, 0.2) is 5.78 Å². The molecule has 0 aromatic heterocycles. The third kappa shape index (κ3) is 4.71. The van der Waals surface area contributed by atoms with Gasteiger partial charge in [0.1, 0.15) is 5.02 Å². The lowest BCUT2D eigenvalue weighted by Gasteiger charge is -2.20. The van der Waals surface area contributed by atoms with Crippen LogP contribution in [0.1, 0.15) is 28.4 Å². The molecule has 0 amide bonds. The summed E-state index contributed by atoms with van der Waals surface area (Å²) in [7, 11) is 0. The average Bonchev–Trinajstić information content (AvgIpc) is 2.69. The molecular formula is C21H17ClN2O3. The Morgan fingerprint density at radius 1 is 1.00 bits per heavy atom. The number of ketones is 1. The molecular weight excluding hydrogens is 364 g/mol. The summed E-state index contributed by atoms with van der Waals surface area (Å²) >= 11 is 5.93. The standard InChI is InChI=1S/C21H17ClN2O3/c22-18-12-11-16(13-20(18)24(26)27)19(23-17-9-5-2-6-10-17)14-21(25)15-7-3-1-4-8-15/h1-13,19,23H,14H2. The summed E-state index contributed by atoms with van der Waals surface area (Å²) in [4.78, 5) is 23.4. The summed E-state index contributed by atoms with van der Waals surface area (Å²) in [5.74, 6) is -0.0540. The van der Waals surface area contributed by atoms with Gasteiger partial charge in [0.2, 0.25) is 0 Å². The lowest BCUT2D eigenvalue weighted by Crippen LogP contribution is -2.16. The van der Waals surface area contributed by atoms with Crippen molar-refractivity contribution >= 4 is 28.8 Å². The Morgan fingerprint density at radius 2 is 1.63 bits per heavy atom. The number of Topliss-reactive ketones (excluding diaryl/α,β-unsaturated/α-hetero) is 1. The molecule has 136 valence electrons. The highest BCUT2D eigenvalue weighted by Gasteiger charge is 2.21. The minimum Gasteiger partial charge on any atom is -0.378 e. The number of nitro groups is 1. The van der Waals surface area contributed by atoms with E-state index in [0.29, 0.717) is 11.1 Å². The van der Waals surface area contributed by atoms with Gasteiger partial charge in [-0.05, 0) is 23.8 Å². The van der Waals surface area contributed by atoms with Crippen LogP contribution in [0.5, 0.6) is 0 Å². The Bertz CT molecular complexity index is 946. The third-order valence-corrected chi connectivity index (χ3v) is 4.49. The van der Waals surface area contributed by atoms with E-state index in [-0.39, 0.29) is 22.9 Å². The molecule has 3 aromatic rings. The molecule has 0 saturated carbocycles. The zero-order valence-electron chi connectivity index (χ0n) is 14.3. The van der Waals surface area contributed by atoms with E-state index >= 15 is 0 Å². The van der Waals surface area contributed by atoms with Crippen LogP contribution in [0.3, 0.4) is 0 Å². The molecule has 0 bridgehead atoms. The first-order valence-corrected chi connectivity index (χ1v) is 8.76. The molecule has 0 aliphatic rings. The van der Waals surface area contributed by atoms with Crippen LogP contribution in [0.4, 0.5) is 11.4 Å². The first-order valence-electron chi connectivity index (χ1n) is 8.38. The molecule has 27 heavy (non-hydrogen) atoms. The van der Waals surface area contributed by atoms with Gasteiger partial charge in [-0.1, -0.05) is 66.2 Å². The quantitative estimate of drug-likeness (QED) is 0.325. The van der Waals surface area contributed by atoms with E-state index in [9.17, 15) is 14.9 Å². The molecule has 5 nitrogen and oxygen atoms in total. The molecule has 3 aromatic carbocycles. The second-order valence-electron chi connectivity index (χ2n) is 6.02. The Kier molecular flexibility index (Phi) is 5.84. The van der Waals surface area contributed by atoms with E-state index in [2.05, 4.69) is 5.32 Å². The highest BCUT2D eigenvalue weighted by Crippen LogP contribution is 2.31. The van der Waals surface area contributed by atoms with Crippen molar-refractivity contribution in [2.75, 3.05) is 5.32 Å². The Labute approximate surface area is 161 Å². The number of rotatable bonds is 7. The number of para-hydroxylation sites is 1. The van der Waals surface area contributed by atoms with E-state index in [1.807, 2.05) is 36.4 Å². The lowest BCUT2D eigenvalue weighted by atomic mass is 9.97. The van der Waals surface area contributed by atoms with Crippen molar-refractivity contribution in [2.45, 2.75) is 12.5 Å². The highest BCUT2D eigenvalue weighted by atomic mass is 35.5. The van der Waals surface area contributed by atoms with Crippen LogP contribution in [0.25, 0.3) is 0 Å². The number of carbonyl (C=O) groups excluding carboxylic acids is 1. The molecule has 0 saturated heterocycles. The maximum absolute atomic E-state index is 12.7. The van der Waals surface area contributed by atoms with Crippen LogP contribution in [-0.4, -0.2) is 10.7 Å². The lowest BCUT2D eigenvalue weighted by molar-refractivity contribution is -0.384. The van der Waals surface area contributed by atoms with Gasteiger partial charge >= 0.3 is 0 Å². The molecule has 1 atom stereocenters. The van der Waals surface area contributed by atoms with Crippen molar-refractivity contribution in [3.8, 4) is 0 Å². The maximum atomic E-state index is 12.7. The molecule has 1 N–H and O–H groups in total. The molecule has 0 radical (unpaired) electrons. The molecule has 1 unspecified atom stereocenters. The van der Waals surface area contributed by atoms with Gasteiger partial charge in [-0.3, -0.25) is 14.9 Å². The van der Waals surface area contributed by atoms with Gasteiger partial charge < -0.3 is 5.32 Å². The summed E-state index contributed by atoms with van der Waals surface area (Å²) in [6, 6.07) is 22.5. The van der Waals surface area contributed by atoms with Gasteiger partial charge in [-0.25, -0.2) is 0 Å². The Hall–Kier alpha value is -3.18. The van der Waals surface area contributed by atoms with Crippen molar-refractivity contribution in [1.29, 1.82) is 0 Å². The zero-order valence-corrected chi connectivity index (χ0v) is 15.1. The van der Waals surface area contributed by atoms with Gasteiger partial charge in [0.25, 0.3) is 5.69 Å². The summed E-state index contributed by atoms with van der Waals surface area (Å²) in [5.41, 5.74) is 1.86. The number of halogens is 1. The smallest absolute Gasteiger partial charge is 0.288 e. The first kappa shape index (κ1) is 18.6. The molecule has 0 fully saturated rings. The van der Waals surface area contributed by atoms with Crippen LogP contribution in [0.2, 0.25) is 5.02 Å². The van der Waals surface area contributed by atoms with E-state index in [1.165, 1.54) is 12.1 Å². The largest absolute Gasteiger partial charge is 0.378 e. The fourth-order valence-corrected chi connectivity index (χ4v) is 2.99. The van der Waals surface area contributed by atoms with Crippen molar-refractivity contribution in [3.05, 3.63) is 105 Å². The summed E-state index contributed by atoms with van der Waals surface area (Å²) < 4.78 is 0. The number of nitrogens with one attached hydrogen (secondary N) is 1. The number of nitro benzene ring substituents is 1. The number of benzene rings is 3. The van der Waals surface area contributed by atoms with Crippen LogP contribution in [0, 0.1) is 10.1 Å². The average molecular weight is 381 g/mol. The normalized spacial score (nSPS) is 11.6. The maximum Gasteiger partial charge on any atom is 0.288 e. The van der Waals surface area contributed by atoms with Gasteiger partial charge in [-0.15, -0.1) is 0 Å². The number of hydrogen-bond acceptors (Lipinski definition) is 4. The van der Waals surface area contributed by atoms with E-state index in [0.717, 1.165) is 5.69 Å². The summed E-state index contributed by atoms with van der Waals surface area (Å²) in [6.45, 7) is 0. The fraction of sp³-hybridized carbons (Fsp3) is 0.0952. The van der Waals surface area contributed by atoms with Gasteiger partial charge in [0.05, 0.1) is 11.0 Å². The minimum absolute atomic E-state index is 0.0540. The Morgan fingerprint density at radius 3 is 2.26 bits per heavy atom. The molecule has 0 heterocycles. The predicted octanol–water partition coefficient (Wildman–Crippen LogP) is 5.67. The number of hydrogen-bond donors (Lipinski definition) is 1. The van der Waals surface area contributed by atoms with Gasteiger partial charge in [-0.2, -0.15) is 0 Å². The van der Waals surface area contributed by atoms with Crippen molar-refractivity contribution in [1.82, 2.24) is 0 Å². The number of carbonyl (C=O) groups is 1. The molecule has 0 aliphatic carbocycles. The van der Waals surface area contributed by atoms with Crippen LogP contribution < -0.4 is 5.32 Å². The Balaban J connectivity index is 1.93. The second-order valence-corrected chi connectivity index (χ2v) is 6.43. The van der Waals surface area contributed by atoms with Crippen LogP contribution in [-0.2, 0) is 0 Å². The molecule has 6 heteroatoms. The van der Waals surface area contributed by atoms with Crippen LogP contribution >= 0.6 is 11.6 Å². The SMILES string of the molecule is O=C(CC(Nc1ccccc1)c1ccc(Cl)c([N+](=O)[O-])c1)c1ccccc1. The third-order valence-electron chi connectivity index (χ3n) is 4.17. The predicted molar refractivity (Wildman–Crippen MR) is 106 cm³/mol. The molecule has 3 rings (SSSR count). The van der Waals surface area contributed by atoms with E-state index < -0.39 is 11.0 Å². The number of nitrogens with zero attached hydrogens (tertiary/aromatic N) is 1. The van der Waals surface area contributed by atoms with Crippen molar-refractivity contribution in [2.24, 2.45) is 0 Å². The zero-order chi connectivity index (χ0) is 19.2. The van der Waals surface area contributed by atoms with Gasteiger partial charge in [0, 0.05) is 23.7 Å². The van der Waals surface area contributed by atoms with E-state index in [4.69, 9.17) is 11.6 Å². The minimum atomic E-state index is -0.523. The van der Waals surface area contributed by atoms with Crippen molar-refractivity contribution in [3.63, 3.8) is 0 Å². The second kappa shape index (κ2) is 8.47. The highest BCUT2D eigenvalue weighted by molar-refractivity contribution is 6.32. The van der Waals surface area contributed by atoms with Crippen molar-refractivity contribution < 1.29 is 9.72 Å². The molecule has 0 aliphatic heterocycles. The number of anilines is 1. The van der Waals surface area contributed by atoms with E-state index in [1.54, 1.807) is 30.3 Å². The summed E-state index contributed by atoms with van der Waals surface area (Å²) in [5, 5.41) is 14.6. The molecule has 0 spiro atoms. The monoisotopic (exact) mass is 380 g/mol. The topological polar surface area (TPSA) is 72.2 Å². The summed E-state index contributed by atoms with van der Waals surface area (Å²) in [6.07, 6.45) is 0.150. The van der Waals surface area contributed by atoms with Crippen LogP contribution in [0.15, 0.2) is 78.9 Å².